The fourth-order valence-electron chi connectivity index (χ4n) is 3.91. The van der Waals surface area contributed by atoms with E-state index in [1.807, 2.05) is 18.2 Å². The first kappa shape index (κ1) is 16.7. The third-order valence-electron chi connectivity index (χ3n) is 5.19. The number of H-pyrrole nitrogens is 2. The van der Waals surface area contributed by atoms with Crippen LogP contribution in [0.1, 0.15) is 36.8 Å². The highest BCUT2D eigenvalue weighted by Crippen LogP contribution is 2.36. The lowest BCUT2D eigenvalue weighted by atomic mass is 9.89. The molecule has 136 valence electrons. The molecule has 0 radical (unpaired) electrons. The number of hydrogen-bond acceptors (Lipinski definition) is 4. The molecule has 0 amide bonds. The standard InChI is InChI=1S/C20H23N3O3/c1-25-15-10-9-12(11-16(15)26-2)18-14-8-6-4-3-5-7-13(14)17-19(21-18)22-23-20(17)24/h9-11H,3-8H2,1-2H3,(H2,21,22,23,24). The van der Waals surface area contributed by atoms with Gasteiger partial charge in [-0.05, 0) is 55.0 Å². The summed E-state index contributed by atoms with van der Waals surface area (Å²) in [5.74, 6) is 1.37. The lowest BCUT2D eigenvalue weighted by Gasteiger charge is -2.18. The van der Waals surface area contributed by atoms with Crippen molar-refractivity contribution in [3.63, 3.8) is 0 Å². The van der Waals surface area contributed by atoms with Crippen LogP contribution in [-0.2, 0) is 12.8 Å². The fraction of sp³-hybridized carbons (Fsp3) is 0.400. The minimum absolute atomic E-state index is 0.0804. The fourth-order valence-corrected chi connectivity index (χ4v) is 3.91. The summed E-state index contributed by atoms with van der Waals surface area (Å²) in [7, 11) is 3.26. The second-order valence-electron chi connectivity index (χ2n) is 6.70. The van der Waals surface area contributed by atoms with Crippen LogP contribution in [0, 0.1) is 0 Å². The Morgan fingerprint density at radius 2 is 1.65 bits per heavy atom. The molecule has 0 bridgehead atoms. The molecule has 0 fully saturated rings. The molecule has 4 rings (SSSR count). The molecule has 0 saturated carbocycles. The summed E-state index contributed by atoms with van der Waals surface area (Å²) in [6, 6.07) is 5.85. The molecule has 0 spiro atoms. The van der Waals surface area contributed by atoms with Crippen LogP contribution >= 0.6 is 0 Å². The van der Waals surface area contributed by atoms with Crippen LogP contribution in [0.4, 0.5) is 0 Å². The molecular formula is C20H23N3O3. The van der Waals surface area contributed by atoms with Gasteiger partial charge in [-0.2, -0.15) is 0 Å². The Kier molecular flexibility index (Phi) is 4.41. The Bertz CT molecular complexity index is 1000. The topological polar surface area (TPSA) is 80.0 Å². The number of aromatic nitrogens is 3. The molecule has 0 saturated heterocycles. The summed E-state index contributed by atoms with van der Waals surface area (Å²) >= 11 is 0. The van der Waals surface area contributed by atoms with Crippen molar-refractivity contribution in [1.29, 1.82) is 0 Å². The van der Waals surface area contributed by atoms with Gasteiger partial charge in [0.15, 0.2) is 17.1 Å². The van der Waals surface area contributed by atoms with E-state index in [9.17, 15) is 4.79 Å². The van der Waals surface area contributed by atoms with Crippen molar-refractivity contribution in [2.75, 3.05) is 14.2 Å². The van der Waals surface area contributed by atoms with Crippen molar-refractivity contribution in [3.8, 4) is 22.8 Å². The summed E-state index contributed by atoms with van der Waals surface area (Å²) in [5, 5.41) is 6.34. The Morgan fingerprint density at radius 1 is 0.923 bits per heavy atom. The van der Waals surface area contributed by atoms with Crippen molar-refractivity contribution in [1.82, 2.24) is 15.2 Å². The number of nitrogens with zero attached hydrogens (tertiary/aromatic N) is 1. The van der Waals surface area contributed by atoms with Crippen molar-refractivity contribution in [2.45, 2.75) is 38.5 Å². The number of nitrogens with one attached hydrogen (secondary N) is 2. The first-order chi connectivity index (χ1) is 12.7. The molecule has 2 aromatic heterocycles. The average molecular weight is 353 g/mol. The van der Waals surface area contributed by atoms with Gasteiger partial charge in [0.2, 0.25) is 0 Å². The predicted octanol–water partition coefficient (Wildman–Crippen LogP) is 3.59. The predicted molar refractivity (Wildman–Crippen MR) is 101 cm³/mol. The minimum Gasteiger partial charge on any atom is -0.493 e. The van der Waals surface area contributed by atoms with Gasteiger partial charge in [0.1, 0.15) is 0 Å². The molecular weight excluding hydrogens is 330 g/mol. The monoisotopic (exact) mass is 353 g/mol. The van der Waals surface area contributed by atoms with E-state index in [0.717, 1.165) is 42.5 Å². The first-order valence-corrected chi connectivity index (χ1v) is 9.07. The van der Waals surface area contributed by atoms with Gasteiger partial charge in [-0.25, -0.2) is 4.98 Å². The number of aryl methyl sites for hydroxylation is 1. The molecule has 2 N–H and O–H groups in total. The maximum Gasteiger partial charge on any atom is 0.273 e. The van der Waals surface area contributed by atoms with Gasteiger partial charge < -0.3 is 9.47 Å². The van der Waals surface area contributed by atoms with Gasteiger partial charge in [-0.1, -0.05) is 12.8 Å². The first-order valence-electron chi connectivity index (χ1n) is 9.07. The number of methoxy groups -OCH3 is 2. The summed E-state index contributed by atoms with van der Waals surface area (Å²) in [4.78, 5) is 17.1. The van der Waals surface area contributed by atoms with Crippen LogP contribution in [0.15, 0.2) is 23.0 Å². The SMILES string of the molecule is COc1ccc(-c2nc3[nH][nH]c(=O)c3c3c2CCCCCC3)cc1OC. The van der Waals surface area contributed by atoms with Crippen LogP contribution < -0.4 is 15.0 Å². The molecule has 1 aliphatic rings. The number of fused-ring (bicyclic) bond motifs is 3. The molecule has 2 heterocycles. The lowest BCUT2D eigenvalue weighted by Crippen LogP contribution is -2.09. The maximum absolute atomic E-state index is 12.3. The number of pyridine rings is 1. The maximum atomic E-state index is 12.3. The number of benzene rings is 1. The van der Waals surface area contributed by atoms with Gasteiger partial charge in [0, 0.05) is 5.56 Å². The molecule has 6 heteroatoms. The normalized spacial score (nSPS) is 14.5. The second-order valence-corrected chi connectivity index (χ2v) is 6.70. The summed E-state index contributed by atoms with van der Waals surface area (Å²) in [6.45, 7) is 0. The minimum atomic E-state index is -0.0804. The molecule has 6 nitrogen and oxygen atoms in total. The number of ether oxygens (including phenoxy) is 2. The van der Waals surface area contributed by atoms with E-state index in [4.69, 9.17) is 14.5 Å². The molecule has 0 atom stereocenters. The molecule has 1 aromatic carbocycles. The Hall–Kier alpha value is -2.76. The van der Waals surface area contributed by atoms with Crippen LogP contribution in [0.3, 0.4) is 0 Å². The van der Waals surface area contributed by atoms with Gasteiger partial charge in [0.05, 0.1) is 25.3 Å². The summed E-state index contributed by atoms with van der Waals surface area (Å²) in [5.41, 5.74) is 4.77. The van der Waals surface area contributed by atoms with Crippen molar-refractivity contribution < 1.29 is 9.47 Å². The number of aromatic amines is 2. The summed E-state index contributed by atoms with van der Waals surface area (Å²) < 4.78 is 10.8. The zero-order valence-corrected chi connectivity index (χ0v) is 15.1. The van der Waals surface area contributed by atoms with Crippen LogP contribution in [0.2, 0.25) is 0 Å². The van der Waals surface area contributed by atoms with Gasteiger partial charge in [0.25, 0.3) is 5.56 Å². The van der Waals surface area contributed by atoms with Crippen LogP contribution in [-0.4, -0.2) is 29.4 Å². The number of rotatable bonds is 3. The van der Waals surface area contributed by atoms with E-state index in [0.29, 0.717) is 22.5 Å². The molecule has 1 aliphatic carbocycles. The van der Waals surface area contributed by atoms with Crippen LogP contribution in [0.25, 0.3) is 22.3 Å². The van der Waals surface area contributed by atoms with Crippen molar-refractivity contribution in [2.24, 2.45) is 0 Å². The second kappa shape index (κ2) is 6.86. The molecule has 0 unspecified atom stereocenters. The summed E-state index contributed by atoms with van der Waals surface area (Å²) in [6.07, 6.45) is 6.48. The Labute approximate surface area is 151 Å². The molecule has 26 heavy (non-hydrogen) atoms. The van der Waals surface area contributed by atoms with E-state index in [-0.39, 0.29) is 5.56 Å². The van der Waals surface area contributed by atoms with Crippen molar-refractivity contribution >= 4 is 11.0 Å². The largest absolute Gasteiger partial charge is 0.493 e. The zero-order valence-electron chi connectivity index (χ0n) is 15.1. The van der Waals surface area contributed by atoms with E-state index in [1.165, 1.54) is 18.4 Å². The highest BCUT2D eigenvalue weighted by atomic mass is 16.5. The molecule has 3 aromatic rings. The Morgan fingerprint density at radius 3 is 2.38 bits per heavy atom. The van der Waals surface area contributed by atoms with E-state index in [2.05, 4.69) is 10.2 Å². The number of hydrogen-bond donors (Lipinski definition) is 2. The third-order valence-corrected chi connectivity index (χ3v) is 5.19. The van der Waals surface area contributed by atoms with Crippen molar-refractivity contribution in [3.05, 3.63) is 39.7 Å². The van der Waals surface area contributed by atoms with Crippen LogP contribution in [0.5, 0.6) is 11.5 Å². The van der Waals surface area contributed by atoms with E-state index in [1.54, 1.807) is 14.2 Å². The van der Waals surface area contributed by atoms with E-state index < -0.39 is 0 Å². The zero-order chi connectivity index (χ0) is 18.1. The Balaban J connectivity index is 1.97. The average Bonchev–Trinajstić information content (AvgIpc) is 3.01. The third kappa shape index (κ3) is 2.75. The van der Waals surface area contributed by atoms with Gasteiger partial charge >= 0.3 is 0 Å². The highest BCUT2D eigenvalue weighted by Gasteiger charge is 2.21. The lowest BCUT2D eigenvalue weighted by molar-refractivity contribution is 0.355. The van der Waals surface area contributed by atoms with Gasteiger partial charge in [-0.3, -0.25) is 15.0 Å². The molecule has 0 aliphatic heterocycles. The smallest absolute Gasteiger partial charge is 0.273 e. The van der Waals surface area contributed by atoms with E-state index >= 15 is 0 Å². The highest BCUT2D eigenvalue weighted by molar-refractivity contribution is 5.84. The van der Waals surface area contributed by atoms with Gasteiger partial charge in [-0.15, -0.1) is 0 Å². The quantitative estimate of drug-likeness (QED) is 0.754.